The summed E-state index contributed by atoms with van der Waals surface area (Å²) in [6.07, 6.45) is 0. The standard InChI is InChI=1S/C7H5ClO2.CH2O2.H3N/c8-10-7(9)6-4-2-1-3-5-6;2-1-3;/h1-5H;1H,(H,2,3);1H3. The summed E-state index contributed by atoms with van der Waals surface area (Å²) in [5.41, 5.74) is 0.456. The highest BCUT2D eigenvalue weighted by Crippen LogP contribution is 2.01. The van der Waals surface area contributed by atoms with Crippen LogP contribution in [0.1, 0.15) is 10.4 Å². The Kier molecular flexibility index (Phi) is 10.1. The van der Waals surface area contributed by atoms with Crippen LogP contribution in [0.3, 0.4) is 0 Å². The van der Waals surface area contributed by atoms with Gasteiger partial charge in [-0.25, -0.2) is 4.79 Å². The molecule has 0 aliphatic heterocycles. The minimum atomic E-state index is -0.526. The van der Waals surface area contributed by atoms with E-state index >= 15 is 0 Å². The number of hydrogen-bond donors (Lipinski definition) is 2. The fourth-order valence-electron chi connectivity index (χ4n) is 0.619. The molecule has 1 aromatic carbocycles. The number of rotatable bonds is 1. The Morgan fingerprint density at radius 2 is 1.79 bits per heavy atom. The van der Waals surface area contributed by atoms with Gasteiger partial charge >= 0.3 is 5.97 Å². The van der Waals surface area contributed by atoms with Crippen molar-refractivity contribution in [2.75, 3.05) is 0 Å². The van der Waals surface area contributed by atoms with Gasteiger partial charge in [0.2, 0.25) is 0 Å². The van der Waals surface area contributed by atoms with Crippen molar-refractivity contribution in [3.8, 4) is 0 Å². The molecule has 6 heteroatoms. The fraction of sp³-hybridized carbons (Fsp3) is 0. The van der Waals surface area contributed by atoms with E-state index in [0.29, 0.717) is 5.56 Å². The average Bonchev–Trinajstić information content (AvgIpc) is 2.19. The van der Waals surface area contributed by atoms with Gasteiger partial charge in [0, 0.05) is 0 Å². The third kappa shape index (κ3) is 5.99. The second-order valence-corrected chi connectivity index (χ2v) is 1.99. The molecule has 5 nitrogen and oxygen atoms in total. The summed E-state index contributed by atoms with van der Waals surface area (Å²) in [6.45, 7) is -0.250. The van der Waals surface area contributed by atoms with Crippen LogP contribution in [0.2, 0.25) is 0 Å². The summed E-state index contributed by atoms with van der Waals surface area (Å²) in [6, 6.07) is 8.55. The smallest absolute Gasteiger partial charge is 0.356 e. The Labute approximate surface area is 86.0 Å². The normalized spacial score (nSPS) is 7.21. The van der Waals surface area contributed by atoms with E-state index in [4.69, 9.17) is 21.8 Å². The van der Waals surface area contributed by atoms with Crippen molar-refractivity contribution in [3.05, 3.63) is 35.9 Å². The Bertz CT molecular complexity index is 265. The Balaban J connectivity index is 0. The Morgan fingerprint density at radius 3 is 2.14 bits per heavy atom. The van der Waals surface area contributed by atoms with Gasteiger partial charge in [-0.1, -0.05) is 18.2 Å². The summed E-state index contributed by atoms with van der Waals surface area (Å²) in [5.74, 6) is -0.526. The molecule has 0 radical (unpaired) electrons. The highest BCUT2D eigenvalue weighted by Gasteiger charge is 2.02. The number of carbonyl (C=O) groups excluding carboxylic acids is 1. The summed E-state index contributed by atoms with van der Waals surface area (Å²) >= 11 is 4.84. The van der Waals surface area contributed by atoms with Crippen LogP contribution in [0.5, 0.6) is 0 Å². The number of hydrogen-bond acceptors (Lipinski definition) is 4. The molecule has 0 heterocycles. The zero-order valence-corrected chi connectivity index (χ0v) is 7.98. The zero-order valence-electron chi connectivity index (χ0n) is 7.22. The van der Waals surface area contributed by atoms with Crippen molar-refractivity contribution < 1.29 is 19.0 Å². The number of carboxylic acid groups (broad SMARTS) is 1. The molecule has 0 aromatic heterocycles. The summed E-state index contributed by atoms with van der Waals surface area (Å²) in [5, 5.41) is 6.89. The lowest BCUT2D eigenvalue weighted by Crippen LogP contribution is -1.96. The second-order valence-electron chi connectivity index (χ2n) is 1.84. The number of halogens is 1. The number of carbonyl (C=O) groups is 2. The lowest BCUT2D eigenvalue weighted by molar-refractivity contribution is -0.122. The SMILES string of the molecule is N.O=C(OCl)c1ccccc1.O=CO. The molecule has 0 spiro atoms. The minimum Gasteiger partial charge on any atom is -0.483 e. The zero-order chi connectivity index (χ0) is 10.1. The second kappa shape index (κ2) is 9.50. The van der Waals surface area contributed by atoms with Crippen molar-refractivity contribution in [2.24, 2.45) is 0 Å². The molecular formula is C8H10ClNO4. The lowest BCUT2D eigenvalue weighted by atomic mass is 10.2. The van der Waals surface area contributed by atoms with Crippen LogP contribution in [-0.2, 0) is 9.08 Å². The largest absolute Gasteiger partial charge is 0.483 e. The average molecular weight is 220 g/mol. The van der Waals surface area contributed by atoms with E-state index in [1.807, 2.05) is 6.07 Å². The van der Waals surface area contributed by atoms with Gasteiger partial charge in [0.15, 0.2) is 0 Å². The molecule has 0 saturated heterocycles. The van der Waals surface area contributed by atoms with Crippen molar-refractivity contribution in [1.82, 2.24) is 6.15 Å². The molecular weight excluding hydrogens is 210 g/mol. The molecule has 0 saturated carbocycles. The molecule has 0 aliphatic carbocycles. The molecule has 4 N–H and O–H groups in total. The highest BCUT2D eigenvalue weighted by atomic mass is 35.5. The first kappa shape index (κ1) is 14.9. The maximum Gasteiger partial charge on any atom is 0.356 e. The third-order valence-corrected chi connectivity index (χ3v) is 1.22. The molecule has 0 amide bonds. The van der Waals surface area contributed by atoms with Crippen LogP contribution < -0.4 is 6.15 Å². The maximum absolute atomic E-state index is 10.7. The van der Waals surface area contributed by atoms with E-state index in [9.17, 15) is 4.79 Å². The fourth-order valence-corrected chi connectivity index (χ4v) is 0.708. The van der Waals surface area contributed by atoms with Crippen molar-refractivity contribution in [2.45, 2.75) is 0 Å². The van der Waals surface area contributed by atoms with E-state index < -0.39 is 5.97 Å². The first-order valence-corrected chi connectivity index (χ1v) is 3.53. The Morgan fingerprint density at radius 1 is 1.36 bits per heavy atom. The lowest BCUT2D eigenvalue weighted by Gasteiger charge is -1.92. The van der Waals surface area contributed by atoms with Crippen LogP contribution in [0, 0.1) is 0 Å². The van der Waals surface area contributed by atoms with Crippen LogP contribution >= 0.6 is 11.9 Å². The molecule has 1 rings (SSSR count). The quantitative estimate of drug-likeness (QED) is 0.703. The van der Waals surface area contributed by atoms with Gasteiger partial charge in [0.1, 0.15) is 11.9 Å². The van der Waals surface area contributed by atoms with Gasteiger partial charge in [-0.15, -0.1) is 0 Å². The van der Waals surface area contributed by atoms with Crippen molar-refractivity contribution in [1.29, 1.82) is 0 Å². The summed E-state index contributed by atoms with van der Waals surface area (Å²) < 4.78 is 3.97. The van der Waals surface area contributed by atoms with Crippen LogP contribution in [0.4, 0.5) is 0 Å². The van der Waals surface area contributed by atoms with Gasteiger partial charge in [-0.2, -0.15) is 0 Å². The van der Waals surface area contributed by atoms with Crippen molar-refractivity contribution >= 4 is 24.3 Å². The van der Waals surface area contributed by atoms with Gasteiger partial charge in [0.25, 0.3) is 6.47 Å². The summed E-state index contributed by atoms with van der Waals surface area (Å²) in [4.78, 5) is 19.0. The van der Waals surface area contributed by atoms with Crippen LogP contribution in [0.15, 0.2) is 30.3 Å². The molecule has 0 aliphatic rings. The molecule has 78 valence electrons. The molecule has 14 heavy (non-hydrogen) atoms. The van der Waals surface area contributed by atoms with Crippen LogP contribution in [0.25, 0.3) is 0 Å². The highest BCUT2D eigenvalue weighted by molar-refractivity contribution is 6.15. The molecule has 0 atom stereocenters. The van der Waals surface area contributed by atoms with E-state index in [-0.39, 0.29) is 12.6 Å². The molecule has 0 unspecified atom stereocenters. The molecule has 0 bridgehead atoms. The summed E-state index contributed by atoms with van der Waals surface area (Å²) in [7, 11) is 0. The van der Waals surface area contributed by atoms with E-state index in [1.165, 1.54) is 0 Å². The monoisotopic (exact) mass is 219 g/mol. The van der Waals surface area contributed by atoms with E-state index in [0.717, 1.165) is 0 Å². The van der Waals surface area contributed by atoms with Gasteiger partial charge in [-0.05, 0) is 12.1 Å². The first-order valence-electron chi connectivity index (χ1n) is 3.22. The van der Waals surface area contributed by atoms with Gasteiger partial charge in [-0.3, -0.25) is 4.79 Å². The number of benzene rings is 1. The topological polar surface area (TPSA) is 98.6 Å². The molecule has 1 aromatic rings. The third-order valence-electron chi connectivity index (χ3n) is 1.08. The van der Waals surface area contributed by atoms with Crippen molar-refractivity contribution in [3.63, 3.8) is 0 Å². The predicted octanol–water partition coefficient (Wildman–Crippen LogP) is 1.86. The maximum atomic E-state index is 10.7. The van der Waals surface area contributed by atoms with Crippen LogP contribution in [-0.4, -0.2) is 17.5 Å². The minimum absolute atomic E-state index is 0. The van der Waals surface area contributed by atoms with Gasteiger partial charge in [0.05, 0.1) is 5.56 Å². The van der Waals surface area contributed by atoms with E-state index in [2.05, 4.69) is 4.29 Å². The first-order chi connectivity index (χ1) is 6.26. The van der Waals surface area contributed by atoms with E-state index in [1.54, 1.807) is 24.3 Å². The predicted molar refractivity (Wildman–Crippen MR) is 51.4 cm³/mol. The molecule has 0 fully saturated rings. The van der Waals surface area contributed by atoms with Gasteiger partial charge < -0.3 is 15.5 Å². The Hall–Kier alpha value is -1.59.